The topological polar surface area (TPSA) is 88.3 Å². The van der Waals surface area contributed by atoms with E-state index in [9.17, 15) is 0 Å². The third-order valence-corrected chi connectivity index (χ3v) is 3.77. The largest absolute Gasteiger partial charge is 0.490 e. The van der Waals surface area contributed by atoms with Crippen molar-refractivity contribution in [1.29, 1.82) is 0 Å². The van der Waals surface area contributed by atoms with Gasteiger partial charge in [0.1, 0.15) is 6.33 Å². The molecule has 0 amide bonds. The van der Waals surface area contributed by atoms with Crippen LogP contribution in [0.3, 0.4) is 0 Å². The van der Waals surface area contributed by atoms with Crippen LogP contribution in [0.25, 0.3) is 0 Å². The summed E-state index contributed by atoms with van der Waals surface area (Å²) in [7, 11) is 1.59. The lowest BCUT2D eigenvalue weighted by Gasteiger charge is -2.18. The number of hydrazine groups is 1. The molecule has 1 aliphatic heterocycles. The predicted octanol–water partition coefficient (Wildman–Crippen LogP) is 0.419. The zero-order chi connectivity index (χ0) is 13.2. The summed E-state index contributed by atoms with van der Waals surface area (Å²) < 4.78 is 5.32. The SMILES string of the molecule is COc1c(NN)ncnc1NC1CCN(C2CC2)C1. The highest BCUT2D eigenvalue weighted by molar-refractivity contribution is 5.63. The van der Waals surface area contributed by atoms with E-state index in [2.05, 4.69) is 25.6 Å². The van der Waals surface area contributed by atoms with Crippen molar-refractivity contribution < 1.29 is 4.74 Å². The van der Waals surface area contributed by atoms with E-state index in [0.717, 1.165) is 25.6 Å². The van der Waals surface area contributed by atoms with Gasteiger partial charge in [-0.2, -0.15) is 0 Å². The van der Waals surface area contributed by atoms with Crippen LogP contribution in [0.15, 0.2) is 6.33 Å². The molecule has 1 atom stereocenters. The van der Waals surface area contributed by atoms with E-state index in [-0.39, 0.29) is 0 Å². The van der Waals surface area contributed by atoms with Crippen LogP contribution in [-0.4, -0.2) is 47.2 Å². The van der Waals surface area contributed by atoms with Crippen molar-refractivity contribution in [3.63, 3.8) is 0 Å². The minimum absolute atomic E-state index is 0.412. The molecule has 7 nitrogen and oxygen atoms in total. The van der Waals surface area contributed by atoms with Gasteiger partial charge in [-0.25, -0.2) is 15.8 Å². The monoisotopic (exact) mass is 264 g/mol. The van der Waals surface area contributed by atoms with Crippen molar-refractivity contribution in [2.24, 2.45) is 5.84 Å². The smallest absolute Gasteiger partial charge is 0.205 e. The molecular formula is C12H20N6O. The van der Waals surface area contributed by atoms with Gasteiger partial charge in [-0.15, -0.1) is 0 Å². The first-order valence-corrected chi connectivity index (χ1v) is 6.68. The second-order valence-corrected chi connectivity index (χ2v) is 5.10. The van der Waals surface area contributed by atoms with Crippen LogP contribution in [0.4, 0.5) is 11.6 Å². The van der Waals surface area contributed by atoms with Crippen LogP contribution in [0, 0.1) is 0 Å². The quantitative estimate of drug-likeness (QED) is 0.524. The maximum absolute atomic E-state index is 5.42. The number of nitrogens with two attached hydrogens (primary N) is 1. The summed E-state index contributed by atoms with van der Waals surface area (Å²) in [6.45, 7) is 2.24. The number of rotatable bonds is 5. The second kappa shape index (κ2) is 5.18. The average Bonchev–Trinajstić information content (AvgIpc) is 3.19. The fourth-order valence-electron chi connectivity index (χ4n) is 2.64. The zero-order valence-electron chi connectivity index (χ0n) is 11.1. The van der Waals surface area contributed by atoms with Crippen molar-refractivity contribution in [3.8, 4) is 5.75 Å². The van der Waals surface area contributed by atoms with E-state index in [1.54, 1.807) is 7.11 Å². The Balaban J connectivity index is 1.69. The lowest BCUT2D eigenvalue weighted by atomic mass is 10.2. The Morgan fingerprint density at radius 2 is 2.11 bits per heavy atom. The van der Waals surface area contributed by atoms with Crippen molar-refractivity contribution in [2.75, 3.05) is 30.9 Å². The molecule has 19 heavy (non-hydrogen) atoms. The molecule has 3 rings (SSSR count). The Labute approximate surface area is 112 Å². The van der Waals surface area contributed by atoms with Gasteiger partial charge < -0.3 is 15.5 Å². The average molecular weight is 264 g/mol. The summed E-state index contributed by atoms with van der Waals surface area (Å²) in [4.78, 5) is 10.8. The van der Waals surface area contributed by atoms with Crippen LogP contribution in [-0.2, 0) is 0 Å². The molecule has 104 valence electrons. The lowest BCUT2D eigenvalue weighted by Crippen LogP contribution is -2.28. The van der Waals surface area contributed by atoms with Gasteiger partial charge in [0.25, 0.3) is 0 Å². The van der Waals surface area contributed by atoms with Gasteiger partial charge >= 0.3 is 0 Å². The number of hydrogen-bond donors (Lipinski definition) is 3. The summed E-state index contributed by atoms with van der Waals surface area (Å²) in [6, 6.07) is 1.23. The van der Waals surface area contributed by atoms with E-state index >= 15 is 0 Å². The number of nitrogens with zero attached hydrogens (tertiary/aromatic N) is 3. The van der Waals surface area contributed by atoms with Gasteiger partial charge in [-0.3, -0.25) is 4.90 Å². The van der Waals surface area contributed by atoms with E-state index in [1.165, 1.54) is 19.2 Å². The summed E-state index contributed by atoms with van der Waals surface area (Å²) >= 11 is 0. The van der Waals surface area contributed by atoms with Crippen LogP contribution in [0.1, 0.15) is 19.3 Å². The minimum Gasteiger partial charge on any atom is -0.490 e. The number of ether oxygens (including phenoxy) is 1. The molecule has 4 N–H and O–H groups in total. The number of nitrogens with one attached hydrogen (secondary N) is 2. The Hall–Kier alpha value is -1.60. The number of anilines is 2. The molecule has 0 aromatic carbocycles. The second-order valence-electron chi connectivity index (χ2n) is 5.10. The Morgan fingerprint density at radius 3 is 2.79 bits per heavy atom. The molecule has 7 heteroatoms. The maximum Gasteiger partial charge on any atom is 0.205 e. The van der Waals surface area contributed by atoms with E-state index in [1.807, 2.05) is 0 Å². The fourth-order valence-corrected chi connectivity index (χ4v) is 2.64. The summed E-state index contributed by atoms with van der Waals surface area (Å²) in [5, 5.41) is 3.43. The van der Waals surface area contributed by atoms with Gasteiger partial charge in [0.2, 0.25) is 5.75 Å². The molecule has 0 bridgehead atoms. The lowest BCUT2D eigenvalue weighted by molar-refractivity contribution is 0.326. The fraction of sp³-hybridized carbons (Fsp3) is 0.667. The van der Waals surface area contributed by atoms with Crippen LogP contribution in [0.5, 0.6) is 5.75 Å². The highest BCUT2D eigenvalue weighted by atomic mass is 16.5. The van der Waals surface area contributed by atoms with Crippen molar-refractivity contribution in [3.05, 3.63) is 6.33 Å². The predicted molar refractivity (Wildman–Crippen MR) is 73.0 cm³/mol. The number of likely N-dealkylation sites (tertiary alicyclic amines) is 1. The van der Waals surface area contributed by atoms with Gasteiger partial charge in [-0.05, 0) is 19.3 Å². The molecule has 1 saturated carbocycles. The highest BCUT2D eigenvalue weighted by Gasteiger charge is 2.34. The van der Waals surface area contributed by atoms with Crippen molar-refractivity contribution in [2.45, 2.75) is 31.3 Å². The minimum atomic E-state index is 0.412. The molecule has 1 aromatic heterocycles. The molecule has 0 radical (unpaired) electrons. The molecule has 1 aliphatic carbocycles. The molecule has 2 aliphatic rings. The third-order valence-electron chi connectivity index (χ3n) is 3.77. The molecule has 2 heterocycles. The Bertz CT molecular complexity index is 450. The first-order chi connectivity index (χ1) is 9.31. The van der Waals surface area contributed by atoms with E-state index in [0.29, 0.717) is 23.4 Å². The standard InChI is InChI=1S/C12H20N6O/c1-19-10-11(14-7-15-12(10)17-13)16-8-4-5-18(6-8)9-2-3-9/h7-9H,2-6,13H2,1H3,(H2,14,15,16,17). The Morgan fingerprint density at radius 1 is 1.32 bits per heavy atom. The van der Waals surface area contributed by atoms with Crippen LogP contribution < -0.4 is 21.3 Å². The maximum atomic E-state index is 5.42. The third kappa shape index (κ3) is 2.57. The van der Waals surface area contributed by atoms with E-state index in [4.69, 9.17) is 10.6 Å². The van der Waals surface area contributed by atoms with Crippen LogP contribution in [0.2, 0.25) is 0 Å². The molecule has 1 unspecified atom stereocenters. The first-order valence-electron chi connectivity index (χ1n) is 6.68. The van der Waals surface area contributed by atoms with Gasteiger partial charge in [0, 0.05) is 25.2 Å². The Kier molecular flexibility index (Phi) is 3.39. The molecule has 1 aromatic rings. The molecule has 0 spiro atoms. The molecule has 2 fully saturated rings. The van der Waals surface area contributed by atoms with Crippen molar-refractivity contribution >= 4 is 11.6 Å². The zero-order valence-corrected chi connectivity index (χ0v) is 11.1. The molecular weight excluding hydrogens is 244 g/mol. The first kappa shape index (κ1) is 12.4. The van der Waals surface area contributed by atoms with Crippen molar-refractivity contribution in [1.82, 2.24) is 14.9 Å². The number of nitrogen functional groups attached to an aromatic ring is 1. The van der Waals surface area contributed by atoms with Gasteiger partial charge in [-0.1, -0.05) is 0 Å². The summed E-state index contributed by atoms with van der Waals surface area (Å²) in [6.07, 6.45) is 5.32. The van der Waals surface area contributed by atoms with E-state index < -0.39 is 0 Å². The summed E-state index contributed by atoms with van der Waals surface area (Å²) in [5.74, 6) is 7.18. The number of hydrogen-bond acceptors (Lipinski definition) is 7. The van der Waals surface area contributed by atoms with Crippen LogP contribution >= 0.6 is 0 Å². The highest BCUT2D eigenvalue weighted by Crippen LogP contribution is 2.33. The molecule has 1 saturated heterocycles. The number of methoxy groups -OCH3 is 1. The van der Waals surface area contributed by atoms with Gasteiger partial charge in [0.15, 0.2) is 11.6 Å². The number of aromatic nitrogens is 2. The normalized spacial score (nSPS) is 23.4. The summed E-state index contributed by atoms with van der Waals surface area (Å²) in [5.41, 5.74) is 2.52. The van der Waals surface area contributed by atoms with Gasteiger partial charge in [0.05, 0.1) is 7.11 Å².